The first-order chi connectivity index (χ1) is 15.2. The van der Waals surface area contributed by atoms with Crippen molar-refractivity contribution in [1.29, 1.82) is 0 Å². The summed E-state index contributed by atoms with van der Waals surface area (Å²) < 4.78 is 27.6. The number of benzene rings is 1. The molecule has 0 atom stereocenters. The van der Waals surface area contributed by atoms with E-state index in [9.17, 15) is 13.2 Å². The second-order valence-electron chi connectivity index (χ2n) is 11.4. The first kappa shape index (κ1) is 22.4. The van der Waals surface area contributed by atoms with E-state index in [0.29, 0.717) is 36.2 Å². The van der Waals surface area contributed by atoms with Gasteiger partial charge in [0, 0.05) is 25.6 Å². The molecule has 6 rings (SSSR count). The summed E-state index contributed by atoms with van der Waals surface area (Å²) in [5.74, 6) is 2.89. The Bertz CT molecular complexity index is 944. The van der Waals surface area contributed by atoms with E-state index in [2.05, 4.69) is 5.32 Å². The molecular formula is C26H38N2O3S. The Hall–Kier alpha value is -1.40. The van der Waals surface area contributed by atoms with E-state index < -0.39 is 10.0 Å². The topological polar surface area (TPSA) is 66.5 Å². The van der Waals surface area contributed by atoms with Gasteiger partial charge in [-0.15, -0.1) is 0 Å². The van der Waals surface area contributed by atoms with Gasteiger partial charge in [-0.1, -0.05) is 6.07 Å². The van der Waals surface area contributed by atoms with Crippen molar-refractivity contribution in [3.63, 3.8) is 0 Å². The Kier molecular flexibility index (Phi) is 5.90. The minimum Gasteiger partial charge on any atom is -0.356 e. The first-order valence-corrected chi connectivity index (χ1v) is 14.0. The van der Waals surface area contributed by atoms with Gasteiger partial charge in [-0.05, 0) is 118 Å². The number of carbonyl (C=O) groups excluding carboxylic acids is 1. The molecule has 32 heavy (non-hydrogen) atoms. The smallest absolute Gasteiger partial charge is 0.243 e. The van der Waals surface area contributed by atoms with Crippen LogP contribution in [0.1, 0.15) is 68.9 Å². The van der Waals surface area contributed by atoms with Crippen LogP contribution in [0.5, 0.6) is 0 Å². The van der Waals surface area contributed by atoms with Crippen LogP contribution in [-0.2, 0) is 14.8 Å². The minimum absolute atomic E-state index is 0.0717. The Balaban J connectivity index is 1.11. The van der Waals surface area contributed by atoms with E-state index in [1.54, 1.807) is 16.4 Å². The molecule has 5 aliphatic rings. The largest absolute Gasteiger partial charge is 0.356 e. The quantitative estimate of drug-likeness (QED) is 0.686. The molecule has 1 heterocycles. The molecule has 0 aromatic heterocycles. The molecule has 5 fully saturated rings. The maximum absolute atomic E-state index is 13.0. The number of piperidine rings is 1. The van der Waals surface area contributed by atoms with Crippen molar-refractivity contribution < 1.29 is 13.2 Å². The first-order valence-electron chi connectivity index (χ1n) is 12.6. The third-order valence-electron chi connectivity index (χ3n) is 9.06. The van der Waals surface area contributed by atoms with Crippen molar-refractivity contribution in [3.8, 4) is 0 Å². The lowest BCUT2D eigenvalue weighted by atomic mass is 9.49. The van der Waals surface area contributed by atoms with E-state index in [0.717, 1.165) is 41.8 Å². The van der Waals surface area contributed by atoms with Gasteiger partial charge in [0.15, 0.2) is 0 Å². The molecule has 0 radical (unpaired) electrons. The van der Waals surface area contributed by atoms with Crippen molar-refractivity contribution in [2.45, 2.75) is 76.5 Å². The fourth-order valence-corrected chi connectivity index (χ4v) is 9.13. The van der Waals surface area contributed by atoms with Gasteiger partial charge < -0.3 is 5.32 Å². The summed E-state index contributed by atoms with van der Waals surface area (Å²) in [6.07, 6.45) is 10.8. The number of nitrogens with one attached hydrogen (secondary N) is 1. The van der Waals surface area contributed by atoms with Crippen LogP contribution in [0.4, 0.5) is 0 Å². The van der Waals surface area contributed by atoms with Crippen LogP contribution in [0, 0.1) is 42.9 Å². The van der Waals surface area contributed by atoms with E-state index in [1.807, 2.05) is 19.9 Å². The number of rotatable bonds is 6. The van der Waals surface area contributed by atoms with Gasteiger partial charge >= 0.3 is 0 Å². The number of hydrogen-bond acceptors (Lipinski definition) is 3. The van der Waals surface area contributed by atoms with Gasteiger partial charge in [0.2, 0.25) is 15.9 Å². The van der Waals surface area contributed by atoms with Crippen molar-refractivity contribution in [3.05, 3.63) is 29.3 Å². The van der Waals surface area contributed by atoms with Gasteiger partial charge in [-0.3, -0.25) is 4.79 Å². The fourth-order valence-electron chi connectivity index (χ4n) is 7.57. The highest BCUT2D eigenvalue weighted by Crippen LogP contribution is 2.61. The highest BCUT2D eigenvalue weighted by Gasteiger charge is 2.50. The summed E-state index contributed by atoms with van der Waals surface area (Å²) in [6, 6.07) is 5.32. The predicted octanol–water partition coefficient (Wildman–Crippen LogP) is 4.43. The number of nitrogens with zero attached hydrogens (tertiary/aromatic N) is 1. The van der Waals surface area contributed by atoms with Crippen LogP contribution in [0.15, 0.2) is 23.1 Å². The van der Waals surface area contributed by atoms with E-state index in [1.165, 1.54) is 38.5 Å². The number of hydrogen-bond donors (Lipinski definition) is 1. The average Bonchev–Trinajstić information content (AvgIpc) is 2.74. The average molecular weight is 459 g/mol. The zero-order chi connectivity index (χ0) is 22.5. The third-order valence-corrected chi connectivity index (χ3v) is 11.0. The van der Waals surface area contributed by atoms with Crippen LogP contribution in [0.25, 0.3) is 0 Å². The molecule has 1 N–H and O–H groups in total. The summed E-state index contributed by atoms with van der Waals surface area (Å²) in [5, 5.41) is 3.22. The Morgan fingerprint density at radius 3 is 2.16 bits per heavy atom. The highest BCUT2D eigenvalue weighted by atomic mass is 32.2. The molecule has 1 aromatic carbocycles. The molecule has 1 amide bonds. The fraction of sp³-hybridized carbons (Fsp3) is 0.731. The highest BCUT2D eigenvalue weighted by molar-refractivity contribution is 7.89. The number of aryl methyl sites for hydroxylation is 2. The summed E-state index contributed by atoms with van der Waals surface area (Å²) in [6.45, 7) is 5.55. The monoisotopic (exact) mass is 458 g/mol. The van der Waals surface area contributed by atoms with Crippen molar-refractivity contribution in [2.24, 2.45) is 29.1 Å². The van der Waals surface area contributed by atoms with Crippen molar-refractivity contribution in [1.82, 2.24) is 9.62 Å². The lowest BCUT2D eigenvalue weighted by Gasteiger charge is -2.57. The lowest BCUT2D eigenvalue weighted by Crippen LogP contribution is -2.48. The zero-order valence-corrected chi connectivity index (χ0v) is 20.4. The summed E-state index contributed by atoms with van der Waals surface area (Å²) in [4.78, 5) is 13.2. The minimum atomic E-state index is -3.49. The van der Waals surface area contributed by atoms with Gasteiger partial charge in [-0.25, -0.2) is 8.42 Å². The second-order valence-corrected chi connectivity index (χ2v) is 13.3. The summed E-state index contributed by atoms with van der Waals surface area (Å²) >= 11 is 0. The molecule has 1 saturated heterocycles. The SMILES string of the molecule is Cc1ccc(S(=O)(=O)N2CCC(C(=O)NCCC34CC5CC(CC(C5)C3)C4)CC2)cc1C. The van der Waals surface area contributed by atoms with E-state index in [-0.39, 0.29) is 11.8 Å². The van der Waals surface area contributed by atoms with Crippen LogP contribution < -0.4 is 5.32 Å². The standard InChI is InChI=1S/C26H38N2O3S/c1-18-3-4-24(11-19(18)2)32(30,31)28-9-5-23(6-10-28)25(29)27-8-7-26-15-20-12-21(16-26)14-22(13-20)17-26/h3-4,11,20-23H,5-10,12-17H2,1-2H3,(H,27,29). The summed E-state index contributed by atoms with van der Waals surface area (Å²) in [7, 11) is -3.49. The number of carbonyl (C=O) groups is 1. The molecular weight excluding hydrogens is 420 g/mol. The van der Waals surface area contributed by atoms with Crippen molar-refractivity contribution >= 4 is 15.9 Å². The zero-order valence-electron chi connectivity index (χ0n) is 19.6. The summed E-state index contributed by atoms with van der Waals surface area (Å²) in [5.41, 5.74) is 2.57. The van der Waals surface area contributed by atoms with Crippen LogP contribution >= 0.6 is 0 Å². The number of sulfonamides is 1. The normalized spacial score (nSPS) is 32.9. The van der Waals surface area contributed by atoms with E-state index >= 15 is 0 Å². The molecule has 4 bridgehead atoms. The molecule has 0 unspecified atom stereocenters. The van der Waals surface area contributed by atoms with Gasteiger partial charge in [0.05, 0.1) is 4.90 Å². The number of amides is 1. The molecule has 0 spiro atoms. The Labute approximate surface area is 193 Å². The van der Waals surface area contributed by atoms with Crippen LogP contribution in [0.2, 0.25) is 0 Å². The van der Waals surface area contributed by atoms with Gasteiger partial charge in [-0.2, -0.15) is 4.31 Å². The molecule has 5 nitrogen and oxygen atoms in total. The molecule has 176 valence electrons. The van der Waals surface area contributed by atoms with Crippen LogP contribution in [-0.4, -0.2) is 38.3 Å². The van der Waals surface area contributed by atoms with Gasteiger partial charge in [0.1, 0.15) is 0 Å². The Morgan fingerprint density at radius 2 is 1.59 bits per heavy atom. The molecule has 4 aliphatic carbocycles. The van der Waals surface area contributed by atoms with Crippen molar-refractivity contribution in [2.75, 3.05) is 19.6 Å². The van der Waals surface area contributed by atoms with E-state index in [4.69, 9.17) is 0 Å². The maximum atomic E-state index is 13.0. The molecule has 1 aromatic rings. The lowest BCUT2D eigenvalue weighted by molar-refractivity contribution is -0.126. The molecule has 1 aliphatic heterocycles. The molecule has 6 heteroatoms. The van der Waals surface area contributed by atoms with Gasteiger partial charge in [0.25, 0.3) is 0 Å². The Morgan fingerprint density at radius 1 is 1.00 bits per heavy atom. The second kappa shape index (κ2) is 8.43. The molecule has 4 saturated carbocycles. The van der Waals surface area contributed by atoms with Crippen LogP contribution in [0.3, 0.4) is 0 Å². The predicted molar refractivity (Wildman–Crippen MR) is 126 cm³/mol. The maximum Gasteiger partial charge on any atom is 0.243 e. The third kappa shape index (κ3) is 4.25.